The molecule has 0 aromatic carbocycles. The van der Waals surface area contributed by atoms with Gasteiger partial charge >= 0.3 is 5.97 Å². The number of aliphatic hydroxyl groups excluding tert-OH is 5. The molecule has 0 aromatic rings. The van der Waals surface area contributed by atoms with Gasteiger partial charge in [0.05, 0.1) is 37.6 Å². The number of aliphatic hydroxyl groups is 5. The molecule has 3 rings (SSSR count). The van der Waals surface area contributed by atoms with E-state index in [1.165, 1.54) is 13.4 Å². The summed E-state index contributed by atoms with van der Waals surface area (Å²) in [5, 5.41) is 49.2. The normalized spacial score (nSPS) is 46.2. The fraction of sp³-hybridized carbons (Fsp3) is 0.824. The van der Waals surface area contributed by atoms with Gasteiger partial charge in [-0.05, 0) is 6.92 Å². The summed E-state index contributed by atoms with van der Waals surface area (Å²) in [5.74, 6) is -1.67. The third-order valence-corrected chi connectivity index (χ3v) is 5.41. The van der Waals surface area contributed by atoms with Crippen molar-refractivity contribution in [1.29, 1.82) is 0 Å². The van der Waals surface area contributed by atoms with Crippen LogP contribution in [-0.4, -0.2) is 94.6 Å². The SMILES string of the molecule is COC(=O)C1=CO[C@H](O[C@@H]2O[C@H](CO)[C@@H](O)[C@H](O)[C@H]2O)[C@@H]2[C@H](C)O[C@@H](O)C[C@H]12. The van der Waals surface area contributed by atoms with E-state index >= 15 is 0 Å². The van der Waals surface area contributed by atoms with Crippen LogP contribution >= 0.6 is 0 Å². The fourth-order valence-electron chi connectivity index (χ4n) is 3.91. The quantitative estimate of drug-likeness (QED) is 0.315. The third-order valence-electron chi connectivity index (χ3n) is 5.41. The molecule has 0 saturated carbocycles. The summed E-state index contributed by atoms with van der Waals surface area (Å²) in [6.07, 6.45) is -8.71. The van der Waals surface area contributed by atoms with Crippen LogP contribution in [0.3, 0.4) is 0 Å². The van der Waals surface area contributed by atoms with Crippen molar-refractivity contribution in [3.05, 3.63) is 11.8 Å². The van der Waals surface area contributed by atoms with E-state index in [0.717, 1.165) is 0 Å². The molecule has 28 heavy (non-hydrogen) atoms. The Labute approximate surface area is 161 Å². The monoisotopic (exact) mass is 406 g/mol. The Balaban J connectivity index is 1.81. The first-order valence-corrected chi connectivity index (χ1v) is 9.01. The van der Waals surface area contributed by atoms with Crippen LogP contribution in [0.15, 0.2) is 11.8 Å². The van der Waals surface area contributed by atoms with E-state index in [2.05, 4.69) is 0 Å². The Kier molecular flexibility index (Phi) is 6.57. The number of fused-ring (bicyclic) bond motifs is 1. The Hall–Kier alpha value is -1.31. The van der Waals surface area contributed by atoms with Crippen LogP contribution in [-0.2, 0) is 28.5 Å². The molecule has 11 nitrogen and oxygen atoms in total. The summed E-state index contributed by atoms with van der Waals surface area (Å²) < 4.78 is 26.8. The van der Waals surface area contributed by atoms with Gasteiger partial charge in [-0.15, -0.1) is 0 Å². The maximum atomic E-state index is 12.1. The van der Waals surface area contributed by atoms with Crippen molar-refractivity contribution < 1.29 is 54.0 Å². The fourth-order valence-corrected chi connectivity index (χ4v) is 3.91. The number of ether oxygens (including phenoxy) is 5. The van der Waals surface area contributed by atoms with E-state index < -0.39 is 73.8 Å². The Morgan fingerprint density at radius 2 is 1.86 bits per heavy atom. The third kappa shape index (κ3) is 3.89. The van der Waals surface area contributed by atoms with Crippen LogP contribution in [0.5, 0.6) is 0 Å². The molecule has 160 valence electrons. The number of hydrogen-bond acceptors (Lipinski definition) is 11. The number of hydrogen-bond donors (Lipinski definition) is 5. The molecule has 11 heteroatoms. The zero-order valence-corrected chi connectivity index (χ0v) is 15.5. The van der Waals surface area contributed by atoms with Crippen molar-refractivity contribution in [2.75, 3.05) is 13.7 Å². The highest BCUT2D eigenvalue weighted by Gasteiger charge is 2.51. The van der Waals surface area contributed by atoms with Gasteiger partial charge in [-0.2, -0.15) is 0 Å². The number of methoxy groups -OCH3 is 1. The maximum Gasteiger partial charge on any atom is 0.337 e. The second kappa shape index (κ2) is 8.59. The van der Waals surface area contributed by atoms with Crippen molar-refractivity contribution in [3.8, 4) is 0 Å². The predicted octanol–water partition coefficient (Wildman–Crippen LogP) is -2.42. The van der Waals surface area contributed by atoms with Gasteiger partial charge < -0.3 is 49.2 Å². The van der Waals surface area contributed by atoms with E-state index in [4.69, 9.17) is 23.7 Å². The molecule has 3 aliphatic rings. The average Bonchev–Trinajstić information content (AvgIpc) is 2.67. The number of carbonyl (C=O) groups is 1. The summed E-state index contributed by atoms with van der Waals surface area (Å²) in [6, 6.07) is 0. The van der Waals surface area contributed by atoms with Crippen LogP contribution in [0, 0.1) is 11.8 Å². The first-order valence-electron chi connectivity index (χ1n) is 9.01. The van der Waals surface area contributed by atoms with Crippen LogP contribution in [0.25, 0.3) is 0 Å². The maximum absolute atomic E-state index is 12.1. The highest BCUT2D eigenvalue weighted by molar-refractivity contribution is 5.88. The summed E-state index contributed by atoms with van der Waals surface area (Å²) in [7, 11) is 1.23. The molecule has 2 saturated heterocycles. The Morgan fingerprint density at radius 1 is 1.14 bits per heavy atom. The molecule has 10 atom stereocenters. The minimum Gasteiger partial charge on any atom is -0.471 e. The van der Waals surface area contributed by atoms with Gasteiger partial charge in [0.25, 0.3) is 0 Å². The van der Waals surface area contributed by atoms with Gasteiger partial charge in [-0.3, -0.25) is 0 Å². The van der Waals surface area contributed by atoms with Crippen LogP contribution < -0.4 is 0 Å². The molecule has 0 spiro atoms. The van der Waals surface area contributed by atoms with Crippen molar-refractivity contribution in [1.82, 2.24) is 0 Å². The van der Waals surface area contributed by atoms with Gasteiger partial charge in [0.2, 0.25) is 6.29 Å². The van der Waals surface area contributed by atoms with Gasteiger partial charge in [0.1, 0.15) is 24.4 Å². The van der Waals surface area contributed by atoms with Crippen LogP contribution in [0.2, 0.25) is 0 Å². The highest BCUT2D eigenvalue weighted by Crippen LogP contribution is 2.42. The van der Waals surface area contributed by atoms with Crippen molar-refractivity contribution >= 4 is 5.97 Å². The zero-order chi connectivity index (χ0) is 20.6. The van der Waals surface area contributed by atoms with Gasteiger partial charge in [0.15, 0.2) is 12.6 Å². The molecule has 5 N–H and O–H groups in total. The molecular formula is C17H26O11. The van der Waals surface area contributed by atoms with Gasteiger partial charge in [-0.1, -0.05) is 0 Å². The highest BCUT2D eigenvalue weighted by atomic mass is 16.8. The minimum atomic E-state index is -1.60. The van der Waals surface area contributed by atoms with E-state index in [-0.39, 0.29) is 12.0 Å². The molecule has 0 unspecified atom stereocenters. The van der Waals surface area contributed by atoms with E-state index in [0.29, 0.717) is 0 Å². The molecule has 0 amide bonds. The molecule has 0 aliphatic carbocycles. The van der Waals surface area contributed by atoms with Crippen molar-refractivity contribution in [2.45, 2.75) is 62.7 Å². The van der Waals surface area contributed by atoms with Crippen molar-refractivity contribution in [3.63, 3.8) is 0 Å². The van der Waals surface area contributed by atoms with E-state index in [1.807, 2.05) is 0 Å². The summed E-state index contributed by atoms with van der Waals surface area (Å²) in [6.45, 7) is 1.08. The molecular weight excluding hydrogens is 380 g/mol. The predicted molar refractivity (Wildman–Crippen MR) is 88.0 cm³/mol. The zero-order valence-electron chi connectivity index (χ0n) is 15.5. The molecule has 0 bridgehead atoms. The van der Waals surface area contributed by atoms with Gasteiger partial charge in [0, 0.05) is 12.3 Å². The smallest absolute Gasteiger partial charge is 0.337 e. The standard InChI is InChI=1S/C17H26O11/c1-6-11-7(3-10(19)26-6)8(15(23)24-2)5-25-16(11)28-17-14(22)13(21)12(20)9(4-18)27-17/h5-7,9-14,16-22H,3-4H2,1-2H3/t6-,7+,9+,10+,11+,12+,13-,14+,16+,17-/m0/s1. The molecule has 0 radical (unpaired) electrons. The number of carbonyl (C=O) groups excluding carboxylic acids is 1. The number of rotatable bonds is 4. The van der Waals surface area contributed by atoms with Crippen LogP contribution in [0.4, 0.5) is 0 Å². The lowest BCUT2D eigenvalue weighted by molar-refractivity contribution is -0.352. The number of esters is 1. The average molecular weight is 406 g/mol. The lowest BCUT2D eigenvalue weighted by atomic mass is 9.77. The van der Waals surface area contributed by atoms with Crippen molar-refractivity contribution in [2.24, 2.45) is 11.8 Å². The molecule has 3 heterocycles. The van der Waals surface area contributed by atoms with E-state index in [9.17, 15) is 30.3 Å². The van der Waals surface area contributed by atoms with Crippen LogP contribution in [0.1, 0.15) is 13.3 Å². The second-order valence-corrected chi connectivity index (χ2v) is 7.12. The summed E-state index contributed by atoms with van der Waals surface area (Å²) in [5.41, 5.74) is 0.218. The Bertz CT molecular complexity index is 594. The molecule has 2 fully saturated rings. The van der Waals surface area contributed by atoms with Gasteiger partial charge in [-0.25, -0.2) is 4.79 Å². The lowest BCUT2D eigenvalue weighted by Gasteiger charge is -2.47. The molecule has 0 aromatic heterocycles. The largest absolute Gasteiger partial charge is 0.471 e. The lowest BCUT2D eigenvalue weighted by Crippen LogP contribution is -2.61. The topological polar surface area (TPSA) is 164 Å². The minimum absolute atomic E-state index is 0.105. The summed E-state index contributed by atoms with van der Waals surface area (Å²) >= 11 is 0. The first-order chi connectivity index (χ1) is 13.3. The Morgan fingerprint density at radius 3 is 2.50 bits per heavy atom. The molecule has 3 aliphatic heterocycles. The summed E-state index contributed by atoms with van der Waals surface area (Å²) in [4.78, 5) is 12.1. The van der Waals surface area contributed by atoms with E-state index in [1.54, 1.807) is 6.92 Å². The second-order valence-electron chi connectivity index (χ2n) is 7.12. The first kappa shape index (κ1) is 21.4.